The minimum absolute atomic E-state index is 0.00949. The fourth-order valence-electron chi connectivity index (χ4n) is 1.80. The Morgan fingerprint density at radius 3 is 2.65 bits per heavy atom. The summed E-state index contributed by atoms with van der Waals surface area (Å²) in [5.41, 5.74) is 7.04. The third-order valence-corrected chi connectivity index (χ3v) is 2.83. The molecule has 0 unspecified atom stereocenters. The van der Waals surface area contributed by atoms with Gasteiger partial charge in [0.15, 0.2) is 11.6 Å². The van der Waals surface area contributed by atoms with E-state index in [1.807, 2.05) is 6.92 Å². The minimum Gasteiger partial charge on any atom is -0.486 e. The first-order valence-corrected chi connectivity index (χ1v) is 5.99. The van der Waals surface area contributed by atoms with Gasteiger partial charge in [-0.2, -0.15) is 0 Å². The van der Waals surface area contributed by atoms with Crippen molar-refractivity contribution in [3.05, 3.63) is 64.7 Å². The Balaban J connectivity index is 2.23. The van der Waals surface area contributed by atoms with Crippen molar-refractivity contribution in [3.8, 4) is 5.75 Å². The largest absolute Gasteiger partial charge is 0.486 e. The van der Waals surface area contributed by atoms with Crippen LogP contribution in [0.3, 0.4) is 0 Å². The molecule has 0 aromatic heterocycles. The first-order chi connectivity index (χ1) is 9.47. The molecule has 0 saturated carbocycles. The molecule has 0 aliphatic carbocycles. The third kappa shape index (κ3) is 3.12. The highest BCUT2D eigenvalue weighted by Crippen LogP contribution is 2.21. The highest BCUT2D eigenvalue weighted by Gasteiger charge is 2.09. The van der Waals surface area contributed by atoms with Crippen LogP contribution in [0.25, 0.3) is 0 Å². The second-order valence-electron chi connectivity index (χ2n) is 4.44. The summed E-state index contributed by atoms with van der Waals surface area (Å²) in [5.74, 6) is -1.10. The maximum Gasteiger partial charge on any atom is 0.165 e. The van der Waals surface area contributed by atoms with Crippen LogP contribution in [-0.2, 0) is 6.61 Å². The van der Waals surface area contributed by atoms with E-state index in [4.69, 9.17) is 15.9 Å². The molecular weight excluding hydrogens is 262 g/mol. The van der Waals surface area contributed by atoms with E-state index in [1.54, 1.807) is 12.1 Å². The molecule has 0 spiro atoms. The lowest BCUT2D eigenvalue weighted by Gasteiger charge is -2.11. The van der Waals surface area contributed by atoms with Gasteiger partial charge < -0.3 is 10.5 Å². The van der Waals surface area contributed by atoms with E-state index in [0.29, 0.717) is 5.56 Å². The highest BCUT2D eigenvalue weighted by molar-refractivity contribution is 5.96. The van der Waals surface area contributed by atoms with Crippen molar-refractivity contribution in [2.45, 2.75) is 13.5 Å². The Labute approximate surface area is 115 Å². The second-order valence-corrected chi connectivity index (χ2v) is 4.44. The van der Waals surface area contributed by atoms with E-state index < -0.39 is 11.6 Å². The average molecular weight is 276 g/mol. The maximum absolute atomic E-state index is 13.5. The monoisotopic (exact) mass is 276 g/mol. The van der Waals surface area contributed by atoms with Crippen LogP contribution in [0.2, 0.25) is 0 Å². The fourth-order valence-corrected chi connectivity index (χ4v) is 1.80. The topological polar surface area (TPSA) is 59.1 Å². The van der Waals surface area contributed by atoms with Gasteiger partial charge in [0, 0.05) is 11.1 Å². The van der Waals surface area contributed by atoms with E-state index >= 15 is 0 Å². The van der Waals surface area contributed by atoms with E-state index in [-0.39, 0.29) is 23.8 Å². The van der Waals surface area contributed by atoms with Crippen LogP contribution in [0.1, 0.15) is 16.7 Å². The summed E-state index contributed by atoms with van der Waals surface area (Å²) in [6.07, 6.45) is 0. The van der Waals surface area contributed by atoms with Gasteiger partial charge >= 0.3 is 0 Å². The zero-order valence-corrected chi connectivity index (χ0v) is 10.9. The van der Waals surface area contributed by atoms with E-state index in [9.17, 15) is 8.78 Å². The number of ether oxygens (including phenoxy) is 1. The molecule has 0 heterocycles. The SMILES string of the molecule is Cc1ccc(F)c(OCc2ccc(F)cc2C(=N)N)c1. The van der Waals surface area contributed by atoms with Crippen molar-refractivity contribution >= 4 is 5.84 Å². The molecule has 3 nitrogen and oxygen atoms in total. The Bertz CT molecular complexity index is 656. The molecule has 5 heteroatoms. The molecule has 0 radical (unpaired) electrons. The van der Waals surface area contributed by atoms with Crippen molar-refractivity contribution in [1.82, 2.24) is 0 Å². The lowest BCUT2D eigenvalue weighted by Crippen LogP contribution is -2.15. The van der Waals surface area contributed by atoms with E-state index in [1.165, 1.54) is 18.2 Å². The summed E-state index contributed by atoms with van der Waals surface area (Å²) in [6.45, 7) is 1.83. The molecule has 20 heavy (non-hydrogen) atoms. The molecule has 0 atom stereocenters. The number of hydrogen-bond acceptors (Lipinski definition) is 2. The van der Waals surface area contributed by atoms with Crippen LogP contribution in [-0.4, -0.2) is 5.84 Å². The van der Waals surface area contributed by atoms with Gasteiger partial charge in [-0.1, -0.05) is 12.1 Å². The molecule has 0 bridgehead atoms. The van der Waals surface area contributed by atoms with Gasteiger partial charge in [-0.25, -0.2) is 8.78 Å². The number of nitrogen functional groups attached to an aromatic ring is 1. The zero-order chi connectivity index (χ0) is 14.7. The minimum atomic E-state index is -0.485. The Morgan fingerprint density at radius 1 is 1.20 bits per heavy atom. The lowest BCUT2D eigenvalue weighted by molar-refractivity contribution is 0.289. The van der Waals surface area contributed by atoms with Gasteiger partial charge in [0.25, 0.3) is 0 Å². The molecule has 104 valence electrons. The molecule has 0 amide bonds. The highest BCUT2D eigenvalue weighted by atomic mass is 19.1. The normalized spacial score (nSPS) is 10.3. The van der Waals surface area contributed by atoms with Crippen LogP contribution in [0.5, 0.6) is 5.75 Å². The van der Waals surface area contributed by atoms with Crippen LogP contribution in [0.15, 0.2) is 36.4 Å². The van der Waals surface area contributed by atoms with Gasteiger partial charge in [-0.05, 0) is 36.8 Å². The fraction of sp³-hybridized carbons (Fsp3) is 0.133. The third-order valence-electron chi connectivity index (χ3n) is 2.83. The van der Waals surface area contributed by atoms with Crippen molar-refractivity contribution in [3.63, 3.8) is 0 Å². The quantitative estimate of drug-likeness (QED) is 0.665. The first kappa shape index (κ1) is 14.0. The maximum atomic E-state index is 13.5. The summed E-state index contributed by atoms with van der Waals surface area (Å²) in [6, 6.07) is 8.42. The van der Waals surface area contributed by atoms with Crippen molar-refractivity contribution in [1.29, 1.82) is 5.41 Å². The molecule has 0 saturated heterocycles. The molecule has 2 rings (SSSR count). The Hall–Kier alpha value is -2.43. The summed E-state index contributed by atoms with van der Waals surface area (Å²) in [7, 11) is 0. The molecule has 0 aliphatic heterocycles. The van der Waals surface area contributed by atoms with Crippen molar-refractivity contribution < 1.29 is 13.5 Å². The van der Waals surface area contributed by atoms with Crippen LogP contribution in [0, 0.1) is 24.0 Å². The number of nitrogens with two attached hydrogens (primary N) is 1. The van der Waals surface area contributed by atoms with Gasteiger partial charge in [0.1, 0.15) is 18.3 Å². The molecule has 2 aromatic rings. The first-order valence-electron chi connectivity index (χ1n) is 5.99. The average Bonchev–Trinajstić information content (AvgIpc) is 2.40. The van der Waals surface area contributed by atoms with Crippen LogP contribution >= 0.6 is 0 Å². The summed E-state index contributed by atoms with van der Waals surface area (Å²) in [4.78, 5) is 0. The number of hydrogen-bond donors (Lipinski definition) is 2. The molecule has 2 aromatic carbocycles. The molecule has 0 aliphatic rings. The van der Waals surface area contributed by atoms with Gasteiger partial charge in [-0.3, -0.25) is 5.41 Å². The Morgan fingerprint density at radius 2 is 1.95 bits per heavy atom. The van der Waals surface area contributed by atoms with E-state index in [0.717, 1.165) is 11.6 Å². The van der Waals surface area contributed by atoms with Crippen molar-refractivity contribution in [2.75, 3.05) is 0 Å². The zero-order valence-electron chi connectivity index (χ0n) is 10.9. The summed E-state index contributed by atoms with van der Waals surface area (Å²) < 4.78 is 32.1. The van der Waals surface area contributed by atoms with Crippen molar-refractivity contribution in [2.24, 2.45) is 5.73 Å². The van der Waals surface area contributed by atoms with Gasteiger partial charge in [0.2, 0.25) is 0 Å². The van der Waals surface area contributed by atoms with Crippen LogP contribution < -0.4 is 10.5 Å². The predicted octanol–water partition coefficient (Wildman–Crippen LogP) is 3.14. The van der Waals surface area contributed by atoms with Crippen LogP contribution in [0.4, 0.5) is 8.78 Å². The molecular formula is C15H14F2N2O. The number of nitrogens with one attached hydrogen (secondary N) is 1. The standard InChI is InChI=1S/C15H14F2N2O/c1-9-2-5-13(17)14(6-9)20-8-10-3-4-11(16)7-12(10)15(18)19/h2-7H,8H2,1H3,(H3,18,19). The Kier molecular flexibility index (Phi) is 3.98. The number of benzene rings is 2. The number of aryl methyl sites for hydroxylation is 1. The second kappa shape index (κ2) is 5.69. The predicted molar refractivity (Wildman–Crippen MR) is 72.9 cm³/mol. The van der Waals surface area contributed by atoms with Gasteiger partial charge in [0.05, 0.1) is 0 Å². The smallest absolute Gasteiger partial charge is 0.165 e. The lowest BCUT2D eigenvalue weighted by atomic mass is 10.1. The number of rotatable bonds is 4. The summed E-state index contributed by atoms with van der Waals surface area (Å²) >= 11 is 0. The van der Waals surface area contributed by atoms with Gasteiger partial charge in [-0.15, -0.1) is 0 Å². The summed E-state index contributed by atoms with van der Waals surface area (Å²) in [5, 5.41) is 7.41. The number of amidine groups is 1. The molecule has 3 N–H and O–H groups in total. The number of halogens is 2. The molecule has 0 fully saturated rings. The van der Waals surface area contributed by atoms with E-state index in [2.05, 4.69) is 0 Å².